The summed E-state index contributed by atoms with van der Waals surface area (Å²) in [6.07, 6.45) is 0. The van der Waals surface area contributed by atoms with Gasteiger partial charge < -0.3 is 9.72 Å². The van der Waals surface area contributed by atoms with Crippen LogP contribution in [0.15, 0.2) is 0 Å². The SMILES string of the molecule is COC(=O)c1c(C)[nH]c(-c2sc(C)nc2C)nc1=S. The molecule has 0 spiro atoms. The van der Waals surface area contributed by atoms with E-state index in [1.54, 1.807) is 6.92 Å². The number of nitrogens with one attached hydrogen (secondary N) is 1. The molecule has 0 saturated heterocycles. The molecule has 0 fully saturated rings. The van der Waals surface area contributed by atoms with Gasteiger partial charge in [-0.2, -0.15) is 0 Å². The van der Waals surface area contributed by atoms with Gasteiger partial charge in [-0.15, -0.1) is 11.3 Å². The average molecular weight is 295 g/mol. The molecule has 2 aromatic rings. The first-order valence-electron chi connectivity index (χ1n) is 5.57. The molecular weight excluding hydrogens is 282 g/mol. The summed E-state index contributed by atoms with van der Waals surface area (Å²) >= 11 is 6.71. The zero-order chi connectivity index (χ0) is 14.2. The molecule has 7 heteroatoms. The minimum absolute atomic E-state index is 0.239. The lowest BCUT2D eigenvalue weighted by Gasteiger charge is -2.06. The van der Waals surface area contributed by atoms with Crippen molar-refractivity contribution in [1.82, 2.24) is 15.0 Å². The Hall–Kier alpha value is -1.60. The van der Waals surface area contributed by atoms with Crippen LogP contribution in [0.5, 0.6) is 0 Å². The molecule has 2 rings (SSSR count). The van der Waals surface area contributed by atoms with Crippen LogP contribution in [0.2, 0.25) is 0 Å². The van der Waals surface area contributed by atoms with Crippen molar-refractivity contribution in [1.29, 1.82) is 0 Å². The molecule has 0 amide bonds. The lowest BCUT2D eigenvalue weighted by atomic mass is 10.2. The topological polar surface area (TPSA) is 67.9 Å². The van der Waals surface area contributed by atoms with Gasteiger partial charge in [0.1, 0.15) is 10.2 Å². The van der Waals surface area contributed by atoms with Gasteiger partial charge >= 0.3 is 5.97 Å². The Balaban J connectivity index is 2.61. The number of H-pyrrole nitrogens is 1. The second-order valence-corrected chi connectivity index (χ2v) is 5.62. The number of esters is 1. The Morgan fingerprint density at radius 3 is 2.47 bits per heavy atom. The van der Waals surface area contributed by atoms with Crippen LogP contribution in [0.1, 0.15) is 26.8 Å². The normalized spacial score (nSPS) is 10.5. The van der Waals surface area contributed by atoms with Crippen LogP contribution >= 0.6 is 23.6 Å². The summed E-state index contributed by atoms with van der Waals surface area (Å²) in [6.45, 7) is 5.63. The Morgan fingerprint density at radius 1 is 1.32 bits per heavy atom. The molecule has 0 atom stereocenters. The van der Waals surface area contributed by atoms with Crippen LogP contribution in [0.3, 0.4) is 0 Å². The minimum Gasteiger partial charge on any atom is -0.465 e. The Morgan fingerprint density at radius 2 is 2.00 bits per heavy atom. The number of aromatic nitrogens is 3. The number of ether oxygens (including phenoxy) is 1. The van der Waals surface area contributed by atoms with E-state index in [2.05, 4.69) is 15.0 Å². The molecule has 1 N–H and O–H groups in total. The molecule has 2 heterocycles. The van der Waals surface area contributed by atoms with Crippen molar-refractivity contribution in [3.63, 3.8) is 0 Å². The van der Waals surface area contributed by atoms with E-state index in [4.69, 9.17) is 17.0 Å². The number of carbonyl (C=O) groups excluding carboxylic acids is 1. The molecule has 0 aromatic carbocycles. The van der Waals surface area contributed by atoms with E-state index in [-0.39, 0.29) is 4.64 Å². The van der Waals surface area contributed by atoms with Gasteiger partial charge in [0.2, 0.25) is 0 Å². The second-order valence-electron chi connectivity index (χ2n) is 4.03. The van der Waals surface area contributed by atoms with E-state index < -0.39 is 5.97 Å². The highest BCUT2D eigenvalue weighted by atomic mass is 32.1. The smallest absolute Gasteiger partial charge is 0.342 e. The molecule has 0 saturated carbocycles. The molecule has 2 aromatic heterocycles. The molecule has 0 aliphatic carbocycles. The molecule has 100 valence electrons. The molecule has 0 radical (unpaired) electrons. The number of thiazole rings is 1. The number of rotatable bonds is 2. The molecule has 0 bridgehead atoms. The third-order valence-corrected chi connectivity index (χ3v) is 3.99. The van der Waals surface area contributed by atoms with Gasteiger partial charge in [-0.3, -0.25) is 0 Å². The number of hydrogen-bond donors (Lipinski definition) is 1. The highest BCUT2D eigenvalue weighted by Gasteiger charge is 2.17. The number of aryl methyl sites for hydroxylation is 3. The van der Waals surface area contributed by atoms with Gasteiger partial charge in [-0.05, 0) is 20.8 Å². The maximum absolute atomic E-state index is 11.6. The summed E-state index contributed by atoms with van der Waals surface area (Å²) in [6, 6.07) is 0. The predicted octanol–water partition coefficient (Wildman–Crippen LogP) is 2.97. The monoisotopic (exact) mass is 295 g/mol. The summed E-state index contributed by atoms with van der Waals surface area (Å²) in [4.78, 5) is 24.3. The van der Waals surface area contributed by atoms with Crippen molar-refractivity contribution >= 4 is 29.5 Å². The first-order chi connectivity index (χ1) is 8.93. The van der Waals surface area contributed by atoms with Gasteiger partial charge in [0, 0.05) is 5.69 Å². The second kappa shape index (κ2) is 5.18. The van der Waals surface area contributed by atoms with Crippen LogP contribution in [0, 0.1) is 25.4 Å². The summed E-state index contributed by atoms with van der Waals surface area (Å²) < 4.78 is 4.94. The molecule has 0 aliphatic heterocycles. The van der Waals surface area contributed by atoms with E-state index >= 15 is 0 Å². The Kier molecular flexibility index (Phi) is 3.77. The van der Waals surface area contributed by atoms with E-state index in [0.717, 1.165) is 15.6 Å². The van der Waals surface area contributed by atoms with Crippen molar-refractivity contribution in [2.45, 2.75) is 20.8 Å². The Labute approximate surface area is 119 Å². The summed E-state index contributed by atoms with van der Waals surface area (Å²) in [5, 5.41) is 0.961. The summed E-state index contributed by atoms with van der Waals surface area (Å²) in [7, 11) is 1.32. The zero-order valence-electron chi connectivity index (χ0n) is 11.0. The standard InChI is InChI=1S/C12H13N3O2S2/c1-5-8(12(16)17-4)11(18)15-10(14-5)9-6(2)13-7(3)19-9/h1-4H3,(H,14,15,18). The van der Waals surface area contributed by atoms with Crippen LogP contribution in [-0.2, 0) is 4.74 Å². The maximum Gasteiger partial charge on any atom is 0.342 e. The number of aromatic amines is 1. The zero-order valence-corrected chi connectivity index (χ0v) is 12.7. The van der Waals surface area contributed by atoms with Crippen molar-refractivity contribution < 1.29 is 9.53 Å². The van der Waals surface area contributed by atoms with Gasteiger partial charge in [0.05, 0.1) is 22.7 Å². The van der Waals surface area contributed by atoms with Crippen molar-refractivity contribution in [3.8, 4) is 10.7 Å². The van der Waals surface area contributed by atoms with Crippen molar-refractivity contribution in [3.05, 3.63) is 26.6 Å². The third-order valence-electron chi connectivity index (χ3n) is 2.62. The molecular formula is C12H13N3O2S2. The third kappa shape index (κ3) is 2.57. The van der Waals surface area contributed by atoms with Crippen LogP contribution in [-0.4, -0.2) is 28.0 Å². The fourth-order valence-corrected chi connectivity index (χ4v) is 2.98. The lowest BCUT2D eigenvalue weighted by Crippen LogP contribution is -2.08. The van der Waals surface area contributed by atoms with Crippen LogP contribution < -0.4 is 0 Å². The van der Waals surface area contributed by atoms with E-state index in [1.807, 2.05) is 13.8 Å². The highest BCUT2D eigenvalue weighted by molar-refractivity contribution is 7.71. The first-order valence-corrected chi connectivity index (χ1v) is 6.80. The average Bonchev–Trinajstić information content (AvgIpc) is 2.67. The number of hydrogen-bond acceptors (Lipinski definition) is 6. The summed E-state index contributed by atoms with van der Waals surface area (Å²) in [5.41, 5.74) is 1.85. The Bertz CT molecular complexity index is 703. The van der Waals surface area contributed by atoms with Crippen LogP contribution in [0.4, 0.5) is 0 Å². The molecule has 5 nitrogen and oxygen atoms in total. The first kappa shape index (κ1) is 13.8. The number of methoxy groups -OCH3 is 1. The quantitative estimate of drug-likeness (QED) is 0.681. The summed E-state index contributed by atoms with van der Waals surface area (Å²) in [5.74, 6) is 0.160. The highest BCUT2D eigenvalue weighted by Crippen LogP contribution is 2.27. The molecule has 19 heavy (non-hydrogen) atoms. The van der Waals surface area contributed by atoms with E-state index in [1.165, 1.54) is 18.4 Å². The predicted molar refractivity (Wildman–Crippen MR) is 76.1 cm³/mol. The van der Waals surface area contributed by atoms with Gasteiger partial charge in [-0.1, -0.05) is 12.2 Å². The minimum atomic E-state index is -0.477. The maximum atomic E-state index is 11.6. The fraction of sp³-hybridized carbons (Fsp3) is 0.333. The van der Waals surface area contributed by atoms with Crippen molar-refractivity contribution in [2.75, 3.05) is 7.11 Å². The lowest BCUT2D eigenvalue weighted by molar-refractivity contribution is 0.0598. The van der Waals surface area contributed by atoms with Gasteiger partial charge in [0.25, 0.3) is 0 Å². The fourth-order valence-electron chi connectivity index (χ4n) is 1.79. The van der Waals surface area contributed by atoms with E-state index in [9.17, 15) is 4.79 Å². The molecule has 0 unspecified atom stereocenters. The molecule has 0 aliphatic rings. The van der Waals surface area contributed by atoms with Gasteiger partial charge in [-0.25, -0.2) is 14.8 Å². The number of carbonyl (C=O) groups is 1. The number of nitrogens with zero attached hydrogens (tertiary/aromatic N) is 2. The van der Waals surface area contributed by atoms with E-state index in [0.29, 0.717) is 17.1 Å². The van der Waals surface area contributed by atoms with Crippen LogP contribution in [0.25, 0.3) is 10.7 Å². The largest absolute Gasteiger partial charge is 0.465 e. The van der Waals surface area contributed by atoms with Gasteiger partial charge in [0.15, 0.2) is 5.82 Å². The van der Waals surface area contributed by atoms with Crippen molar-refractivity contribution in [2.24, 2.45) is 0 Å².